The SMILES string of the molecule is Nc1cccnc1C(=O)Nc1ccc([N+](=O)[O-])c([B]S)c1.OF.[W]. The van der Waals surface area contributed by atoms with Crippen LogP contribution in [0.25, 0.3) is 0 Å². The molecule has 8 nitrogen and oxygen atoms in total. The van der Waals surface area contributed by atoms with Gasteiger partial charge in [0, 0.05) is 44.5 Å². The normalized spacial score (nSPS) is 8.96. The van der Waals surface area contributed by atoms with Crippen LogP contribution in [0.4, 0.5) is 21.6 Å². The summed E-state index contributed by atoms with van der Waals surface area (Å²) in [7, 11) is 0. The molecule has 125 valence electrons. The van der Waals surface area contributed by atoms with Crippen LogP contribution in [0.15, 0.2) is 36.5 Å². The summed E-state index contributed by atoms with van der Waals surface area (Å²) in [5.41, 5.74) is 6.58. The van der Waals surface area contributed by atoms with E-state index in [1.807, 2.05) is 0 Å². The molecule has 2 rings (SSSR count). The minimum Gasteiger partial charge on any atom is -0.397 e. The van der Waals surface area contributed by atoms with Gasteiger partial charge in [-0.25, -0.2) is 22.8 Å². The number of carbonyl (C=O) groups is 1. The summed E-state index contributed by atoms with van der Waals surface area (Å²) in [6.45, 7) is 1.29. The second kappa shape index (κ2) is 10.7. The van der Waals surface area contributed by atoms with Gasteiger partial charge in [0.2, 0.25) is 6.56 Å². The van der Waals surface area contributed by atoms with Crippen LogP contribution in [-0.4, -0.2) is 27.7 Å². The summed E-state index contributed by atoms with van der Waals surface area (Å²) >= 11 is 3.92. The Hall–Kier alpha value is -1.97. The molecule has 1 aromatic heterocycles. The van der Waals surface area contributed by atoms with E-state index in [-0.39, 0.29) is 43.6 Å². The first-order chi connectivity index (χ1) is 11.0. The van der Waals surface area contributed by atoms with Gasteiger partial charge in [0.05, 0.1) is 10.6 Å². The van der Waals surface area contributed by atoms with Crippen LogP contribution in [0, 0.1) is 10.1 Å². The number of benzene rings is 1. The molecule has 2 aromatic rings. The first-order valence-electron chi connectivity index (χ1n) is 5.97. The Morgan fingerprint density at radius 3 is 2.62 bits per heavy atom. The molecule has 1 aromatic carbocycles. The van der Waals surface area contributed by atoms with Crippen molar-refractivity contribution in [2.45, 2.75) is 0 Å². The molecule has 1 heterocycles. The van der Waals surface area contributed by atoms with Gasteiger partial charge >= 0.3 is 0 Å². The van der Waals surface area contributed by atoms with E-state index < -0.39 is 10.8 Å². The Balaban J connectivity index is 0.00000170. The minimum atomic E-state index is -0.523. The van der Waals surface area contributed by atoms with Crippen molar-refractivity contribution < 1.29 is 40.6 Å². The number of hydrogen-bond donors (Lipinski definition) is 4. The van der Waals surface area contributed by atoms with E-state index in [1.165, 1.54) is 31.0 Å². The molecule has 0 fully saturated rings. The number of nitro groups is 1. The van der Waals surface area contributed by atoms with Gasteiger partial charge in [-0.3, -0.25) is 14.9 Å². The third kappa shape index (κ3) is 5.59. The Bertz CT molecular complexity index is 725. The number of thiol groups is 1. The topological polar surface area (TPSA) is 131 Å². The van der Waals surface area contributed by atoms with Crippen molar-refractivity contribution in [1.29, 1.82) is 0 Å². The van der Waals surface area contributed by atoms with Crippen LogP contribution in [0.1, 0.15) is 10.5 Å². The zero-order valence-corrected chi connectivity index (χ0v) is 15.7. The summed E-state index contributed by atoms with van der Waals surface area (Å²) in [6, 6.07) is 7.34. The van der Waals surface area contributed by atoms with E-state index in [4.69, 9.17) is 15.6 Å². The van der Waals surface area contributed by atoms with Crippen LogP contribution >= 0.6 is 12.5 Å². The number of nitro benzene ring substituents is 1. The van der Waals surface area contributed by atoms with Gasteiger partial charge in [-0.2, -0.15) is 0 Å². The Morgan fingerprint density at radius 1 is 1.42 bits per heavy atom. The van der Waals surface area contributed by atoms with Gasteiger partial charge in [0.25, 0.3) is 11.6 Å². The van der Waals surface area contributed by atoms with Crippen molar-refractivity contribution in [3.8, 4) is 0 Å². The standard InChI is InChI=1S/C12H10BN4O3S.FHO.W/c14-9-2-1-5-15-11(9)12(18)16-7-3-4-10(17(19)20)8(6-7)13-21;1-2;/h1-6,21H,14H2,(H,16,18);2H;. The van der Waals surface area contributed by atoms with Gasteiger partial charge in [-0.15, -0.1) is 0 Å². The predicted octanol–water partition coefficient (Wildman–Crippen LogP) is 0.859. The fourth-order valence-electron chi connectivity index (χ4n) is 1.70. The molecule has 1 amide bonds. The van der Waals surface area contributed by atoms with Gasteiger partial charge in [-0.1, -0.05) is 4.53 Å². The molecule has 0 unspecified atom stereocenters. The largest absolute Gasteiger partial charge is 0.397 e. The molecule has 1 radical (unpaired) electrons. The summed E-state index contributed by atoms with van der Waals surface area (Å²) in [6.07, 6.45) is 1.45. The number of aromatic nitrogens is 1. The van der Waals surface area contributed by atoms with Crippen LogP contribution in [0.5, 0.6) is 0 Å². The molecule has 0 aliphatic carbocycles. The maximum Gasteiger partial charge on any atom is 0.276 e. The molecular weight excluding hydrogens is 510 g/mol. The summed E-state index contributed by atoms with van der Waals surface area (Å²) in [5, 5.41) is 18.9. The average Bonchev–Trinajstić information content (AvgIpc) is 2.56. The van der Waals surface area contributed by atoms with Crippen LogP contribution in [0.2, 0.25) is 0 Å². The van der Waals surface area contributed by atoms with E-state index in [0.29, 0.717) is 5.69 Å². The third-order valence-electron chi connectivity index (χ3n) is 2.68. The van der Waals surface area contributed by atoms with Crippen molar-refractivity contribution in [3.05, 3.63) is 52.3 Å². The number of pyridine rings is 1. The van der Waals surface area contributed by atoms with E-state index in [2.05, 4.69) is 22.8 Å². The van der Waals surface area contributed by atoms with Crippen LogP contribution in [-0.2, 0) is 21.1 Å². The Labute approximate surface area is 156 Å². The number of amides is 1. The number of carbonyl (C=O) groups excluding carboxylic acids is 1. The fraction of sp³-hybridized carbons (Fsp3) is 0. The molecule has 0 aliphatic rings. The van der Waals surface area contributed by atoms with E-state index >= 15 is 0 Å². The number of nitrogens with two attached hydrogens (primary N) is 1. The average molecular weight is 521 g/mol. The molecular formula is C12H11BFN4O4SW. The van der Waals surface area contributed by atoms with Crippen molar-refractivity contribution in [1.82, 2.24) is 4.98 Å². The molecule has 4 N–H and O–H groups in total. The molecule has 0 bridgehead atoms. The zero-order valence-electron chi connectivity index (χ0n) is 11.9. The molecule has 0 saturated carbocycles. The Kier molecular flexibility index (Phi) is 9.86. The molecule has 12 heteroatoms. The van der Waals surface area contributed by atoms with Crippen molar-refractivity contribution in [2.75, 3.05) is 11.1 Å². The number of nitrogens with one attached hydrogen (secondary N) is 1. The molecule has 24 heavy (non-hydrogen) atoms. The van der Waals surface area contributed by atoms with Crippen LogP contribution < -0.4 is 16.5 Å². The van der Waals surface area contributed by atoms with E-state index in [1.54, 1.807) is 12.1 Å². The second-order valence-corrected chi connectivity index (χ2v) is 4.31. The number of anilines is 2. The second-order valence-electron chi connectivity index (χ2n) is 4.06. The third-order valence-corrected chi connectivity index (χ3v) is 2.95. The van der Waals surface area contributed by atoms with Crippen molar-refractivity contribution >= 4 is 47.5 Å². The van der Waals surface area contributed by atoms with E-state index in [0.717, 1.165) is 0 Å². The maximum atomic E-state index is 12.0. The van der Waals surface area contributed by atoms with E-state index in [9.17, 15) is 14.9 Å². The maximum absolute atomic E-state index is 12.0. The number of nitrogens with zero attached hydrogens (tertiary/aromatic N) is 2. The van der Waals surface area contributed by atoms with Gasteiger partial charge in [-0.05, 0) is 24.3 Å². The van der Waals surface area contributed by atoms with Crippen molar-refractivity contribution in [2.24, 2.45) is 0 Å². The Morgan fingerprint density at radius 2 is 2.08 bits per heavy atom. The molecule has 0 atom stereocenters. The van der Waals surface area contributed by atoms with Gasteiger partial charge < -0.3 is 11.1 Å². The van der Waals surface area contributed by atoms with Gasteiger partial charge in [0.1, 0.15) is 0 Å². The monoisotopic (exact) mass is 521 g/mol. The first kappa shape index (κ1) is 22.0. The molecule has 0 aliphatic heterocycles. The van der Waals surface area contributed by atoms with Crippen LogP contribution in [0.3, 0.4) is 0 Å². The quantitative estimate of drug-likeness (QED) is 0.205. The molecule has 0 spiro atoms. The summed E-state index contributed by atoms with van der Waals surface area (Å²) in [5.74, 6) is -0.493. The minimum absolute atomic E-state index is 0. The number of rotatable bonds is 4. The smallest absolute Gasteiger partial charge is 0.276 e. The number of halogens is 1. The number of nitrogen functional groups attached to an aromatic ring is 1. The zero-order chi connectivity index (χ0) is 17.4. The first-order valence-corrected chi connectivity index (χ1v) is 6.49. The molecule has 0 saturated heterocycles. The van der Waals surface area contributed by atoms with Gasteiger partial charge in [0.15, 0.2) is 5.69 Å². The van der Waals surface area contributed by atoms with Crippen molar-refractivity contribution in [3.63, 3.8) is 0 Å². The summed E-state index contributed by atoms with van der Waals surface area (Å²) < 4.78 is 8.50. The number of hydrogen-bond acceptors (Lipinski definition) is 7. The fourth-order valence-corrected chi connectivity index (χ4v) is 1.91. The summed E-state index contributed by atoms with van der Waals surface area (Å²) in [4.78, 5) is 26.2. The predicted molar refractivity (Wildman–Crippen MR) is 87.4 cm³/mol.